The molecule has 0 bridgehead atoms. The van der Waals surface area contributed by atoms with E-state index in [0.717, 1.165) is 5.56 Å². The van der Waals surface area contributed by atoms with Crippen molar-refractivity contribution < 1.29 is 14.0 Å². The van der Waals surface area contributed by atoms with Gasteiger partial charge in [-0.15, -0.1) is 12.4 Å². The Bertz CT molecular complexity index is 803. The minimum Gasteiger partial charge on any atom is -0.339 e. The van der Waals surface area contributed by atoms with Gasteiger partial charge in [0.25, 0.3) is 5.91 Å². The number of rotatable bonds is 4. The Kier molecular flexibility index (Phi) is 7.96. The van der Waals surface area contributed by atoms with E-state index in [0.29, 0.717) is 39.0 Å². The SMILES string of the molecule is Cl.N[C@@H](Cc1ccccc1)C(=O)N1CCCN(C(=O)c2ccccc2F)CC1. The largest absolute Gasteiger partial charge is 0.339 e. The van der Waals surface area contributed by atoms with Gasteiger partial charge in [-0.1, -0.05) is 42.5 Å². The summed E-state index contributed by atoms with van der Waals surface area (Å²) in [5.74, 6) is -0.973. The molecule has 2 aromatic carbocycles. The van der Waals surface area contributed by atoms with E-state index in [2.05, 4.69) is 0 Å². The molecular formula is C21H25ClFN3O2. The second-order valence-corrected chi connectivity index (χ2v) is 6.75. The zero-order valence-corrected chi connectivity index (χ0v) is 16.4. The maximum Gasteiger partial charge on any atom is 0.256 e. The van der Waals surface area contributed by atoms with Crippen molar-refractivity contribution in [2.45, 2.75) is 18.9 Å². The van der Waals surface area contributed by atoms with Gasteiger partial charge >= 0.3 is 0 Å². The lowest BCUT2D eigenvalue weighted by atomic mass is 10.1. The van der Waals surface area contributed by atoms with E-state index in [1.807, 2.05) is 30.3 Å². The molecule has 1 aliphatic heterocycles. The van der Waals surface area contributed by atoms with Crippen LogP contribution < -0.4 is 5.73 Å². The third-order valence-electron chi connectivity index (χ3n) is 4.81. The van der Waals surface area contributed by atoms with Crippen LogP contribution in [0.25, 0.3) is 0 Å². The van der Waals surface area contributed by atoms with Crippen LogP contribution in [0.3, 0.4) is 0 Å². The monoisotopic (exact) mass is 405 g/mol. The Morgan fingerprint density at radius 1 is 0.929 bits per heavy atom. The van der Waals surface area contributed by atoms with Gasteiger partial charge in [0.15, 0.2) is 0 Å². The van der Waals surface area contributed by atoms with Crippen LogP contribution in [0.2, 0.25) is 0 Å². The number of carbonyl (C=O) groups excluding carboxylic acids is 2. The van der Waals surface area contributed by atoms with Gasteiger partial charge < -0.3 is 15.5 Å². The molecule has 1 atom stereocenters. The highest BCUT2D eigenvalue weighted by Crippen LogP contribution is 2.13. The van der Waals surface area contributed by atoms with Crippen molar-refractivity contribution >= 4 is 24.2 Å². The maximum absolute atomic E-state index is 13.9. The van der Waals surface area contributed by atoms with Gasteiger partial charge in [-0.25, -0.2) is 4.39 Å². The molecule has 0 saturated carbocycles. The lowest BCUT2D eigenvalue weighted by molar-refractivity contribution is -0.132. The summed E-state index contributed by atoms with van der Waals surface area (Å²) >= 11 is 0. The van der Waals surface area contributed by atoms with Crippen LogP contribution in [0.5, 0.6) is 0 Å². The molecule has 7 heteroatoms. The third-order valence-corrected chi connectivity index (χ3v) is 4.81. The van der Waals surface area contributed by atoms with Crippen LogP contribution in [0.4, 0.5) is 4.39 Å². The molecule has 2 N–H and O–H groups in total. The molecule has 2 amide bonds. The normalized spacial score (nSPS) is 15.4. The number of carbonyl (C=O) groups is 2. The summed E-state index contributed by atoms with van der Waals surface area (Å²) < 4.78 is 13.9. The van der Waals surface area contributed by atoms with E-state index in [1.165, 1.54) is 12.1 Å². The quantitative estimate of drug-likeness (QED) is 0.849. The number of benzene rings is 2. The fraction of sp³-hybridized carbons (Fsp3) is 0.333. The maximum atomic E-state index is 13.9. The van der Waals surface area contributed by atoms with Crippen LogP contribution >= 0.6 is 12.4 Å². The van der Waals surface area contributed by atoms with Crippen molar-refractivity contribution in [3.8, 4) is 0 Å². The molecule has 1 heterocycles. The smallest absolute Gasteiger partial charge is 0.256 e. The van der Waals surface area contributed by atoms with E-state index in [1.54, 1.807) is 21.9 Å². The Morgan fingerprint density at radius 3 is 2.25 bits per heavy atom. The van der Waals surface area contributed by atoms with Gasteiger partial charge in [-0.2, -0.15) is 0 Å². The molecule has 5 nitrogen and oxygen atoms in total. The minimum atomic E-state index is -0.610. The van der Waals surface area contributed by atoms with Crippen molar-refractivity contribution in [2.24, 2.45) is 5.73 Å². The molecule has 1 aliphatic rings. The topological polar surface area (TPSA) is 66.6 Å². The zero-order chi connectivity index (χ0) is 19.2. The lowest BCUT2D eigenvalue weighted by Gasteiger charge is -2.25. The van der Waals surface area contributed by atoms with Crippen molar-refractivity contribution in [3.05, 3.63) is 71.5 Å². The number of hydrogen-bond acceptors (Lipinski definition) is 3. The van der Waals surface area contributed by atoms with Crippen molar-refractivity contribution in [3.63, 3.8) is 0 Å². The Labute approximate surface area is 170 Å². The summed E-state index contributed by atoms with van der Waals surface area (Å²) in [4.78, 5) is 28.6. The van der Waals surface area contributed by atoms with Crippen molar-refractivity contribution in [1.82, 2.24) is 9.80 Å². The van der Waals surface area contributed by atoms with Crippen LogP contribution in [0.1, 0.15) is 22.3 Å². The highest BCUT2D eigenvalue weighted by molar-refractivity contribution is 5.94. The van der Waals surface area contributed by atoms with Gasteiger partial charge in [-0.3, -0.25) is 9.59 Å². The fourth-order valence-electron chi connectivity index (χ4n) is 3.34. The van der Waals surface area contributed by atoms with Crippen LogP contribution in [-0.2, 0) is 11.2 Å². The van der Waals surface area contributed by atoms with Gasteiger partial charge in [0, 0.05) is 26.2 Å². The van der Waals surface area contributed by atoms with E-state index in [9.17, 15) is 14.0 Å². The van der Waals surface area contributed by atoms with Gasteiger partial charge in [0.05, 0.1) is 11.6 Å². The van der Waals surface area contributed by atoms with E-state index < -0.39 is 11.9 Å². The van der Waals surface area contributed by atoms with E-state index in [4.69, 9.17) is 5.73 Å². The third kappa shape index (κ3) is 5.30. The molecule has 3 rings (SSSR count). The van der Waals surface area contributed by atoms with E-state index >= 15 is 0 Å². The molecule has 0 unspecified atom stereocenters. The summed E-state index contributed by atoms with van der Waals surface area (Å²) in [6.45, 7) is 1.81. The molecule has 2 aromatic rings. The predicted molar refractivity (Wildman–Crippen MR) is 109 cm³/mol. The summed E-state index contributed by atoms with van der Waals surface area (Å²) in [6, 6.07) is 15.0. The molecule has 0 spiro atoms. The molecular weight excluding hydrogens is 381 g/mol. The molecule has 0 aliphatic carbocycles. The number of hydrogen-bond donors (Lipinski definition) is 1. The highest BCUT2D eigenvalue weighted by Gasteiger charge is 2.26. The average Bonchev–Trinajstić information content (AvgIpc) is 2.94. The Hall–Kier alpha value is -2.44. The van der Waals surface area contributed by atoms with Crippen molar-refractivity contribution in [1.29, 1.82) is 0 Å². The molecule has 28 heavy (non-hydrogen) atoms. The second kappa shape index (κ2) is 10.2. The first-order valence-electron chi connectivity index (χ1n) is 9.18. The zero-order valence-electron chi connectivity index (χ0n) is 15.6. The number of nitrogens with two attached hydrogens (primary N) is 1. The number of nitrogens with zero attached hydrogens (tertiary/aromatic N) is 2. The second-order valence-electron chi connectivity index (χ2n) is 6.75. The first kappa shape index (κ1) is 21.9. The Balaban J connectivity index is 0.00000280. The predicted octanol–water partition coefficient (Wildman–Crippen LogP) is 2.49. The summed E-state index contributed by atoms with van der Waals surface area (Å²) in [5, 5.41) is 0. The Morgan fingerprint density at radius 2 is 1.54 bits per heavy atom. The summed E-state index contributed by atoms with van der Waals surface area (Å²) in [6.07, 6.45) is 1.12. The lowest BCUT2D eigenvalue weighted by Crippen LogP contribution is -2.46. The number of amides is 2. The number of halogens is 2. The molecule has 1 saturated heterocycles. The van der Waals surface area contributed by atoms with Crippen LogP contribution in [0.15, 0.2) is 54.6 Å². The molecule has 0 aromatic heterocycles. The summed E-state index contributed by atoms with van der Waals surface area (Å²) in [7, 11) is 0. The van der Waals surface area contributed by atoms with E-state index in [-0.39, 0.29) is 29.8 Å². The van der Waals surface area contributed by atoms with Gasteiger partial charge in [0.1, 0.15) is 5.82 Å². The highest BCUT2D eigenvalue weighted by atomic mass is 35.5. The first-order valence-corrected chi connectivity index (χ1v) is 9.18. The van der Waals surface area contributed by atoms with Crippen LogP contribution in [0, 0.1) is 5.82 Å². The van der Waals surface area contributed by atoms with Crippen LogP contribution in [-0.4, -0.2) is 53.8 Å². The van der Waals surface area contributed by atoms with Gasteiger partial charge in [-0.05, 0) is 30.5 Å². The molecule has 1 fully saturated rings. The standard InChI is InChI=1S/C21H24FN3O2.ClH/c22-18-10-5-4-9-17(18)20(26)24-11-6-12-25(14-13-24)21(27)19(23)15-16-7-2-1-3-8-16;/h1-5,7-10,19H,6,11-15,23H2;1H/t19-;/m0./s1. The fourth-order valence-corrected chi connectivity index (χ4v) is 3.34. The first-order chi connectivity index (χ1) is 13.1. The summed E-state index contributed by atoms with van der Waals surface area (Å²) in [5.41, 5.74) is 7.20. The molecule has 150 valence electrons. The van der Waals surface area contributed by atoms with Gasteiger partial charge in [0.2, 0.25) is 5.91 Å². The molecule has 0 radical (unpaired) electrons. The average molecular weight is 406 g/mol. The van der Waals surface area contributed by atoms with Crippen molar-refractivity contribution in [2.75, 3.05) is 26.2 Å². The minimum absolute atomic E-state index is 0.